The van der Waals surface area contributed by atoms with Crippen molar-refractivity contribution in [1.29, 1.82) is 0 Å². The molecule has 1 fully saturated rings. The Morgan fingerprint density at radius 3 is 3.04 bits per heavy atom. The van der Waals surface area contributed by atoms with E-state index in [1.807, 2.05) is 47.5 Å². The summed E-state index contributed by atoms with van der Waals surface area (Å²) < 4.78 is 11.4. The van der Waals surface area contributed by atoms with Crippen LogP contribution < -0.4 is 4.74 Å². The monoisotopic (exact) mass is 351 g/mol. The van der Waals surface area contributed by atoms with Crippen LogP contribution >= 0.6 is 0 Å². The quantitative estimate of drug-likeness (QED) is 0.767. The zero-order valence-corrected chi connectivity index (χ0v) is 14.6. The smallest absolute Gasteiger partial charge is 0.255 e. The largest absolute Gasteiger partial charge is 0.490 e. The third kappa shape index (κ3) is 3.15. The SMILES string of the molecule is CO[C@@H]1C[C@@H](COc2cccnc2)N(C(=O)c2cccc3[nH]ccc23)C1. The fourth-order valence-electron chi connectivity index (χ4n) is 3.50. The van der Waals surface area contributed by atoms with Crippen LogP contribution in [0.25, 0.3) is 10.9 Å². The summed E-state index contributed by atoms with van der Waals surface area (Å²) in [6.45, 7) is 0.984. The molecule has 1 aromatic carbocycles. The summed E-state index contributed by atoms with van der Waals surface area (Å²) in [5.74, 6) is 0.711. The van der Waals surface area contributed by atoms with Crippen LogP contribution in [0.2, 0.25) is 0 Å². The van der Waals surface area contributed by atoms with E-state index in [0.717, 1.165) is 17.3 Å². The third-order valence-electron chi connectivity index (χ3n) is 4.87. The second-order valence-electron chi connectivity index (χ2n) is 6.45. The number of rotatable bonds is 5. The number of likely N-dealkylation sites (tertiary alicyclic amines) is 1. The summed E-state index contributed by atoms with van der Waals surface area (Å²) >= 11 is 0. The van der Waals surface area contributed by atoms with Crippen LogP contribution in [-0.2, 0) is 4.74 Å². The van der Waals surface area contributed by atoms with Crippen LogP contribution in [0.4, 0.5) is 0 Å². The molecule has 0 spiro atoms. The minimum absolute atomic E-state index is 0.00883. The number of H-pyrrole nitrogens is 1. The minimum atomic E-state index is -0.0399. The maximum Gasteiger partial charge on any atom is 0.255 e. The van der Waals surface area contributed by atoms with Gasteiger partial charge in [-0.1, -0.05) is 6.07 Å². The first-order chi connectivity index (χ1) is 12.8. The number of carbonyl (C=O) groups is 1. The van der Waals surface area contributed by atoms with Gasteiger partial charge in [0.25, 0.3) is 5.91 Å². The molecule has 0 aliphatic carbocycles. The zero-order chi connectivity index (χ0) is 17.9. The molecule has 26 heavy (non-hydrogen) atoms. The van der Waals surface area contributed by atoms with Gasteiger partial charge in [0.15, 0.2) is 0 Å². The number of aromatic nitrogens is 2. The second kappa shape index (κ2) is 7.17. The topological polar surface area (TPSA) is 67.5 Å². The Labute approximate surface area is 151 Å². The summed E-state index contributed by atoms with van der Waals surface area (Å²) in [7, 11) is 1.69. The Morgan fingerprint density at radius 1 is 1.31 bits per heavy atom. The molecule has 1 amide bonds. The van der Waals surface area contributed by atoms with E-state index < -0.39 is 0 Å². The fourth-order valence-corrected chi connectivity index (χ4v) is 3.50. The highest BCUT2D eigenvalue weighted by atomic mass is 16.5. The van der Waals surface area contributed by atoms with Gasteiger partial charge in [0.1, 0.15) is 12.4 Å². The Hall–Kier alpha value is -2.86. The van der Waals surface area contributed by atoms with Gasteiger partial charge in [-0.25, -0.2) is 0 Å². The predicted molar refractivity (Wildman–Crippen MR) is 98.3 cm³/mol. The van der Waals surface area contributed by atoms with Crippen molar-refractivity contribution in [2.75, 3.05) is 20.3 Å². The number of fused-ring (bicyclic) bond motifs is 1. The van der Waals surface area contributed by atoms with E-state index in [1.165, 1.54) is 0 Å². The summed E-state index contributed by atoms with van der Waals surface area (Å²) in [4.78, 5) is 22.3. The molecule has 0 unspecified atom stereocenters. The molecule has 0 radical (unpaired) electrons. The first-order valence-corrected chi connectivity index (χ1v) is 8.69. The number of aromatic amines is 1. The molecule has 2 aromatic heterocycles. The van der Waals surface area contributed by atoms with E-state index >= 15 is 0 Å². The van der Waals surface area contributed by atoms with E-state index in [1.54, 1.807) is 19.5 Å². The molecule has 1 aliphatic rings. The lowest BCUT2D eigenvalue weighted by atomic mass is 10.1. The molecule has 1 saturated heterocycles. The molecule has 3 aromatic rings. The standard InChI is InChI=1S/C20H21N3O3/c1-25-16-10-14(13-26-15-4-3-8-21-11-15)23(12-16)20(24)18-5-2-6-19-17(18)7-9-22-19/h2-9,11,14,16,22H,10,12-13H2,1H3/t14-,16+/m0/s1. The molecule has 1 N–H and O–H groups in total. The number of nitrogens with one attached hydrogen (secondary N) is 1. The van der Waals surface area contributed by atoms with Crippen molar-refractivity contribution in [2.45, 2.75) is 18.6 Å². The number of hydrogen-bond acceptors (Lipinski definition) is 4. The lowest BCUT2D eigenvalue weighted by molar-refractivity contribution is 0.0660. The second-order valence-corrected chi connectivity index (χ2v) is 6.45. The average molecular weight is 351 g/mol. The summed E-state index contributed by atoms with van der Waals surface area (Å²) in [6.07, 6.45) is 6.01. The summed E-state index contributed by atoms with van der Waals surface area (Å²) in [5, 5.41) is 0.935. The summed E-state index contributed by atoms with van der Waals surface area (Å²) in [5.41, 5.74) is 1.66. The Balaban J connectivity index is 1.56. The summed E-state index contributed by atoms with van der Waals surface area (Å²) in [6, 6.07) is 11.3. The molecule has 6 nitrogen and oxygen atoms in total. The van der Waals surface area contributed by atoms with E-state index in [-0.39, 0.29) is 18.1 Å². The number of ether oxygens (including phenoxy) is 2. The number of amides is 1. The average Bonchev–Trinajstić information content (AvgIpc) is 3.33. The molecular weight excluding hydrogens is 330 g/mol. The number of carbonyl (C=O) groups excluding carboxylic acids is 1. The normalized spacial score (nSPS) is 19.8. The highest BCUT2D eigenvalue weighted by Gasteiger charge is 2.36. The molecule has 0 bridgehead atoms. The van der Waals surface area contributed by atoms with Gasteiger partial charge in [-0.3, -0.25) is 9.78 Å². The van der Waals surface area contributed by atoms with Crippen LogP contribution in [0.1, 0.15) is 16.8 Å². The highest BCUT2D eigenvalue weighted by molar-refractivity contribution is 6.06. The molecule has 4 rings (SSSR count). The van der Waals surface area contributed by atoms with Gasteiger partial charge in [0.2, 0.25) is 0 Å². The van der Waals surface area contributed by atoms with Gasteiger partial charge in [0.05, 0.1) is 18.3 Å². The van der Waals surface area contributed by atoms with Crippen molar-refractivity contribution in [3.8, 4) is 5.75 Å². The number of hydrogen-bond donors (Lipinski definition) is 1. The Kier molecular flexibility index (Phi) is 4.58. The van der Waals surface area contributed by atoms with Crippen LogP contribution in [0.3, 0.4) is 0 Å². The van der Waals surface area contributed by atoms with E-state index in [0.29, 0.717) is 24.5 Å². The van der Waals surface area contributed by atoms with Crippen LogP contribution in [-0.4, -0.2) is 53.2 Å². The van der Waals surface area contributed by atoms with Crippen LogP contribution in [0.5, 0.6) is 5.75 Å². The van der Waals surface area contributed by atoms with Gasteiger partial charge in [-0.2, -0.15) is 0 Å². The molecule has 2 atom stereocenters. The van der Waals surface area contributed by atoms with Crippen LogP contribution in [0.15, 0.2) is 55.0 Å². The van der Waals surface area contributed by atoms with Crippen molar-refractivity contribution in [3.05, 3.63) is 60.6 Å². The van der Waals surface area contributed by atoms with E-state index in [9.17, 15) is 4.79 Å². The zero-order valence-electron chi connectivity index (χ0n) is 14.6. The number of methoxy groups -OCH3 is 1. The number of benzene rings is 1. The molecule has 3 heterocycles. The first-order valence-electron chi connectivity index (χ1n) is 8.69. The van der Waals surface area contributed by atoms with Gasteiger partial charge < -0.3 is 19.4 Å². The van der Waals surface area contributed by atoms with Crippen LogP contribution in [0, 0.1) is 0 Å². The lowest BCUT2D eigenvalue weighted by Crippen LogP contribution is -2.39. The van der Waals surface area contributed by atoms with Crippen molar-refractivity contribution in [2.24, 2.45) is 0 Å². The first kappa shape index (κ1) is 16.6. The molecule has 6 heteroatoms. The Morgan fingerprint density at radius 2 is 2.23 bits per heavy atom. The molecule has 1 aliphatic heterocycles. The number of nitrogens with zero attached hydrogens (tertiary/aromatic N) is 2. The minimum Gasteiger partial charge on any atom is -0.490 e. The molecule has 0 saturated carbocycles. The lowest BCUT2D eigenvalue weighted by Gasteiger charge is -2.25. The number of pyridine rings is 1. The van der Waals surface area contributed by atoms with Crippen molar-refractivity contribution in [3.63, 3.8) is 0 Å². The van der Waals surface area contributed by atoms with Gasteiger partial charge in [-0.15, -0.1) is 0 Å². The van der Waals surface area contributed by atoms with Gasteiger partial charge >= 0.3 is 0 Å². The van der Waals surface area contributed by atoms with E-state index in [4.69, 9.17) is 9.47 Å². The maximum atomic E-state index is 13.2. The van der Waals surface area contributed by atoms with Gasteiger partial charge in [0, 0.05) is 42.5 Å². The predicted octanol–water partition coefficient (Wildman–Crippen LogP) is 2.87. The fraction of sp³-hybridized carbons (Fsp3) is 0.300. The Bertz CT molecular complexity index is 893. The third-order valence-corrected chi connectivity index (χ3v) is 4.87. The van der Waals surface area contributed by atoms with Crippen molar-refractivity contribution in [1.82, 2.24) is 14.9 Å². The molecular formula is C20H21N3O3. The highest BCUT2D eigenvalue weighted by Crippen LogP contribution is 2.26. The van der Waals surface area contributed by atoms with Gasteiger partial charge in [-0.05, 0) is 36.8 Å². The van der Waals surface area contributed by atoms with Crippen molar-refractivity contribution < 1.29 is 14.3 Å². The molecule has 134 valence electrons. The van der Waals surface area contributed by atoms with E-state index in [2.05, 4.69) is 9.97 Å². The van der Waals surface area contributed by atoms with Crippen molar-refractivity contribution >= 4 is 16.8 Å². The maximum absolute atomic E-state index is 13.2.